The molecule has 0 aliphatic carbocycles. The Kier molecular flexibility index (Phi) is 64.2. The first-order chi connectivity index (χ1) is 39.0. The smallest absolute Gasteiger partial charge is 0.306 e. The Balaban J connectivity index is 4.34. The lowest BCUT2D eigenvalue weighted by Crippen LogP contribution is -2.30. The predicted octanol–water partition coefficient (Wildman–Crippen LogP) is 23.4. The van der Waals surface area contributed by atoms with E-state index in [1.807, 2.05) is 0 Å². The topological polar surface area (TPSA) is 78.9 Å². The molecule has 0 N–H and O–H groups in total. The third-order valence-electron chi connectivity index (χ3n) is 14.9. The van der Waals surface area contributed by atoms with Crippen LogP contribution in [0.1, 0.15) is 342 Å². The first kappa shape index (κ1) is 75.6. The average Bonchev–Trinajstić information content (AvgIpc) is 3.45. The normalized spacial score (nSPS) is 12.6. The summed E-state index contributed by atoms with van der Waals surface area (Å²) >= 11 is 0. The first-order valence-corrected chi connectivity index (χ1v) is 34.1. The lowest BCUT2D eigenvalue weighted by atomic mass is 10.0. The molecule has 0 radical (unpaired) electrons. The van der Waals surface area contributed by atoms with E-state index in [9.17, 15) is 14.4 Å². The third-order valence-corrected chi connectivity index (χ3v) is 14.9. The van der Waals surface area contributed by atoms with Gasteiger partial charge in [-0.15, -0.1) is 0 Å². The summed E-state index contributed by atoms with van der Waals surface area (Å²) in [5, 5.41) is 0. The SMILES string of the molecule is CC/C=C\C/C=C\C/C=C\C/C=C\CCCCCCCCCCCCCCC(=O)OCC(COC(=O)CCCCCCC/C=C\CCCCCCCC)OC(=O)CCCCCCCCCCC/C=C\C/C=C\CCCCCCC. The molecule has 6 heteroatoms. The number of carbonyl (C=O) groups is 3. The van der Waals surface area contributed by atoms with E-state index in [-0.39, 0.29) is 31.1 Å². The Hall–Kier alpha value is -3.41. The molecule has 0 saturated heterocycles. The van der Waals surface area contributed by atoms with E-state index in [1.54, 1.807) is 0 Å². The molecule has 0 aromatic rings. The van der Waals surface area contributed by atoms with Gasteiger partial charge in [0.1, 0.15) is 13.2 Å². The van der Waals surface area contributed by atoms with Crippen LogP contribution in [-0.2, 0) is 28.6 Å². The van der Waals surface area contributed by atoms with Crippen molar-refractivity contribution >= 4 is 17.9 Å². The molecule has 6 nitrogen and oxygen atoms in total. The Labute approximate surface area is 490 Å². The lowest BCUT2D eigenvalue weighted by molar-refractivity contribution is -0.167. The van der Waals surface area contributed by atoms with E-state index in [2.05, 4.69) is 106 Å². The fourth-order valence-electron chi connectivity index (χ4n) is 9.76. The number of rotatable bonds is 62. The van der Waals surface area contributed by atoms with Crippen LogP contribution in [0.4, 0.5) is 0 Å². The standard InChI is InChI=1S/C73H128O6/c1-4-7-10-13-16-19-22-25-28-30-32-34-35-36-37-39-40-42-45-48-51-54-57-60-63-66-72(75)78-69-70(68-77-71(74)65-62-59-56-53-50-47-44-27-24-21-18-15-12-9-6-3)79-73(76)67-64-61-58-55-52-49-46-43-41-38-33-31-29-26-23-20-17-14-11-8-5-2/h7,10,16,19,23,25-28,31-34,44,70H,4-6,8-9,11-15,17-18,20-22,24,29-30,35-43,45-69H2,1-3H3/b10-7-,19-16-,26-23-,28-25-,33-31-,34-32-,44-27-. The van der Waals surface area contributed by atoms with Crippen molar-refractivity contribution < 1.29 is 28.6 Å². The summed E-state index contributed by atoms with van der Waals surface area (Å²) in [7, 11) is 0. The van der Waals surface area contributed by atoms with Gasteiger partial charge in [0, 0.05) is 19.3 Å². The molecule has 0 aliphatic rings. The zero-order valence-electron chi connectivity index (χ0n) is 52.4. The van der Waals surface area contributed by atoms with Gasteiger partial charge < -0.3 is 14.2 Å². The van der Waals surface area contributed by atoms with Crippen LogP contribution in [0.15, 0.2) is 85.1 Å². The van der Waals surface area contributed by atoms with Gasteiger partial charge in [0.15, 0.2) is 6.10 Å². The van der Waals surface area contributed by atoms with Crippen LogP contribution in [0.25, 0.3) is 0 Å². The van der Waals surface area contributed by atoms with Crippen LogP contribution >= 0.6 is 0 Å². The van der Waals surface area contributed by atoms with Gasteiger partial charge in [-0.25, -0.2) is 0 Å². The Morgan fingerprint density at radius 1 is 0.266 bits per heavy atom. The Bertz CT molecular complexity index is 1500. The molecule has 79 heavy (non-hydrogen) atoms. The molecule has 0 heterocycles. The second-order valence-corrected chi connectivity index (χ2v) is 22.7. The Morgan fingerprint density at radius 2 is 0.494 bits per heavy atom. The molecule has 1 atom stereocenters. The van der Waals surface area contributed by atoms with Gasteiger partial charge >= 0.3 is 17.9 Å². The second-order valence-electron chi connectivity index (χ2n) is 22.7. The summed E-state index contributed by atoms with van der Waals surface area (Å²) in [6, 6.07) is 0. The van der Waals surface area contributed by atoms with Crippen molar-refractivity contribution in [3.05, 3.63) is 85.1 Å². The summed E-state index contributed by atoms with van der Waals surface area (Å²) in [4.78, 5) is 38.4. The highest BCUT2D eigenvalue weighted by atomic mass is 16.6. The molecule has 0 aliphatic heterocycles. The summed E-state index contributed by atoms with van der Waals surface area (Å²) in [6.45, 7) is 6.54. The van der Waals surface area contributed by atoms with E-state index in [0.717, 1.165) is 96.3 Å². The minimum absolute atomic E-state index is 0.0799. The molecular weight excluding hydrogens is 973 g/mol. The highest BCUT2D eigenvalue weighted by Gasteiger charge is 2.19. The summed E-state index contributed by atoms with van der Waals surface area (Å²) in [5.74, 6) is -0.878. The minimum Gasteiger partial charge on any atom is -0.462 e. The van der Waals surface area contributed by atoms with Crippen LogP contribution < -0.4 is 0 Å². The molecule has 0 saturated carbocycles. The van der Waals surface area contributed by atoms with Gasteiger partial charge in [0.2, 0.25) is 0 Å². The number of hydrogen-bond donors (Lipinski definition) is 0. The average molecular weight is 1100 g/mol. The van der Waals surface area contributed by atoms with Crippen LogP contribution in [0.3, 0.4) is 0 Å². The first-order valence-electron chi connectivity index (χ1n) is 34.1. The zero-order chi connectivity index (χ0) is 57.1. The molecule has 0 spiro atoms. The third kappa shape index (κ3) is 65.3. The number of allylic oxidation sites excluding steroid dienone is 14. The predicted molar refractivity (Wildman–Crippen MR) is 344 cm³/mol. The molecule has 0 aromatic carbocycles. The summed E-state index contributed by atoms with van der Waals surface area (Å²) < 4.78 is 17.0. The van der Waals surface area contributed by atoms with Crippen molar-refractivity contribution in [2.45, 2.75) is 348 Å². The second kappa shape index (κ2) is 67.1. The van der Waals surface area contributed by atoms with Gasteiger partial charge in [-0.05, 0) is 116 Å². The summed E-state index contributed by atoms with van der Waals surface area (Å²) in [5.41, 5.74) is 0. The monoisotopic (exact) mass is 1100 g/mol. The van der Waals surface area contributed by atoms with E-state index in [4.69, 9.17) is 14.2 Å². The van der Waals surface area contributed by atoms with Crippen LogP contribution in [-0.4, -0.2) is 37.2 Å². The molecular formula is C73H128O6. The fourth-order valence-corrected chi connectivity index (χ4v) is 9.76. The minimum atomic E-state index is -0.784. The molecule has 0 rings (SSSR count). The molecule has 1 unspecified atom stereocenters. The van der Waals surface area contributed by atoms with Crippen molar-refractivity contribution in [1.29, 1.82) is 0 Å². The number of carbonyl (C=O) groups excluding carboxylic acids is 3. The lowest BCUT2D eigenvalue weighted by Gasteiger charge is -2.18. The highest BCUT2D eigenvalue weighted by Crippen LogP contribution is 2.17. The number of esters is 3. The maximum absolute atomic E-state index is 12.9. The molecule has 0 fully saturated rings. The van der Waals surface area contributed by atoms with Gasteiger partial charge in [-0.2, -0.15) is 0 Å². The van der Waals surface area contributed by atoms with Crippen LogP contribution in [0.2, 0.25) is 0 Å². The van der Waals surface area contributed by atoms with Gasteiger partial charge in [0.05, 0.1) is 0 Å². The zero-order valence-corrected chi connectivity index (χ0v) is 52.4. The van der Waals surface area contributed by atoms with Crippen molar-refractivity contribution in [2.75, 3.05) is 13.2 Å². The van der Waals surface area contributed by atoms with Crippen molar-refractivity contribution in [2.24, 2.45) is 0 Å². The molecule has 456 valence electrons. The number of ether oxygens (including phenoxy) is 3. The van der Waals surface area contributed by atoms with Crippen LogP contribution in [0, 0.1) is 0 Å². The van der Waals surface area contributed by atoms with Crippen molar-refractivity contribution in [1.82, 2.24) is 0 Å². The van der Waals surface area contributed by atoms with Gasteiger partial charge in [0.25, 0.3) is 0 Å². The molecule has 0 aromatic heterocycles. The summed E-state index contributed by atoms with van der Waals surface area (Å²) in [6.07, 6.45) is 88.8. The highest BCUT2D eigenvalue weighted by molar-refractivity contribution is 5.71. The quantitative estimate of drug-likeness (QED) is 0.0261. The van der Waals surface area contributed by atoms with E-state index in [0.29, 0.717) is 19.3 Å². The number of hydrogen-bond acceptors (Lipinski definition) is 6. The molecule has 0 bridgehead atoms. The maximum atomic E-state index is 12.9. The van der Waals surface area contributed by atoms with Gasteiger partial charge in [-0.3, -0.25) is 14.4 Å². The Morgan fingerprint density at radius 3 is 0.785 bits per heavy atom. The van der Waals surface area contributed by atoms with E-state index >= 15 is 0 Å². The van der Waals surface area contributed by atoms with Crippen molar-refractivity contribution in [3.8, 4) is 0 Å². The number of unbranched alkanes of at least 4 members (excludes halogenated alkanes) is 37. The van der Waals surface area contributed by atoms with Crippen LogP contribution in [0.5, 0.6) is 0 Å². The maximum Gasteiger partial charge on any atom is 0.306 e. The van der Waals surface area contributed by atoms with E-state index in [1.165, 1.54) is 205 Å². The van der Waals surface area contributed by atoms with E-state index < -0.39 is 6.10 Å². The fraction of sp³-hybridized carbons (Fsp3) is 0.767. The van der Waals surface area contributed by atoms with Crippen molar-refractivity contribution in [3.63, 3.8) is 0 Å². The molecule has 0 amide bonds. The van der Waals surface area contributed by atoms with Gasteiger partial charge in [-0.1, -0.05) is 292 Å². The largest absolute Gasteiger partial charge is 0.462 e.